The van der Waals surface area contributed by atoms with Gasteiger partial charge in [0.15, 0.2) is 4.80 Å². The first-order valence-corrected chi connectivity index (χ1v) is 9.71. The second-order valence-corrected chi connectivity index (χ2v) is 7.69. The normalized spacial score (nSPS) is 13.6. The van der Waals surface area contributed by atoms with E-state index in [1.165, 1.54) is 31.2 Å². The van der Waals surface area contributed by atoms with Gasteiger partial charge >= 0.3 is 12.1 Å². The van der Waals surface area contributed by atoms with E-state index in [0.29, 0.717) is 12.1 Å². The Labute approximate surface area is 175 Å². The van der Waals surface area contributed by atoms with Crippen LogP contribution in [0.25, 0.3) is 10.2 Å². The standard InChI is InChI=1S/C19H13ClF4N2O3S/c1-2-13(17(28)29)26-14-7-11(19(22,23)24)12(21)8-15(14)30-18(26)25-16(27)9-4-3-5-10(20)6-9/h3-8,13H,2H2,1H3,(H,28,29)/b25-18-. The van der Waals surface area contributed by atoms with Gasteiger partial charge in [0.1, 0.15) is 11.9 Å². The molecule has 3 rings (SSSR count). The van der Waals surface area contributed by atoms with E-state index in [1.807, 2.05) is 0 Å². The maximum Gasteiger partial charge on any atom is 0.419 e. The average Bonchev–Trinajstić information content (AvgIpc) is 2.97. The Hall–Kier alpha value is -2.72. The number of halogens is 5. The molecule has 0 fully saturated rings. The van der Waals surface area contributed by atoms with E-state index in [4.69, 9.17) is 11.6 Å². The Kier molecular flexibility index (Phi) is 6.00. The van der Waals surface area contributed by atoms with Crippen LogP contribution in [0.3, 0.4) is 0 Å². The van der Waals surface area contributed by atoms with Crippen molar-refractivity contribution in [3.63, 3.8) is 0 Å². The van der Waals surface area contributed by atoms with Crippen molar-refractivity contribution in [1.29, 1.82) is 0 Å². The lowest BCUT2D eigenvalue weighted by atomic mass is 10.1. The van der Waals surface area contributed by atoms with Crippen LogP contribution >= 0.6 is 22.9 Å². The van der Waals surface area contributed by atoms with Gasteiger partial charge in [-0.3, -0.25) is 4.79 Å². The number of aliphatic carboxylic acids is 1. The lowest BCUT2D eigenvalue weighted by Crippen LogP contribution is -2.27. The minimum atomic E-state index is -4.98. The van der Waals surface area contributed by atoms with Crippen LogP contribution in [0, 0.1) is 5.82 Å². The van der Waals surface area contributed by atoms with E-state index in [-0.39, 0.29) is 32.0 Å². The van der Waals surface area contributed by atoms with E-state index < -0.39 is 35.5 Å². The molecule has 2 aromatic carbocycles. The Balaban J connectivity index is 2.32. The maximum absolute atomic E-state index is 14.0. The number of carboxylic acids is 1. The molecule has 0 radical (unpaired) electrons. The number of nitrogens with zero attached hydrogens (tertiary/aromatic N) is 2. The van der Waals surface area contributed by atoms with Crippen molar-refractivity contribution in [2.75, 3.05) is 0 Å². The van der Waals surface area contributed by atoms with Gasteiger partial charge in [0.2, 0.25) is 0 Å². The van der Waals surface area contributed by atoms with E-state index >= 15 is 0 Å². The van der Waals surface area contributed by atoms with Gasteiger partial charge in [0, 0.05) is 10.6 Å². The number of carboxylic acid groups (broad SMARTS) is 1. The predicted molar refractivity (Wildman–Crippen MR) is 103 cm³/mol. The van der Waals surface area contributed by atoms with E-state index in [9.17, 15) is 32.3 Å². The minimum Gasteiger partial charge on any atom is -0.480 e. The van der Waals surface area contributed by atoms with Gasteiger partial charge in [-0.2, -0.15) is 18.2 Å². The maximum atomic E-state index is 14.0. The fraction of sp³-hybridized carbons (Fsp3) is 0.211. The molecule has 30 heavy (non-hydrogen) atoms. The zero-order chi connectivity index (χ0) is 22.2. The van der Waals surface area contributed by atoms with Crippen molar-refractivity contribution in [2.24, 2.45) is 4.99 Å². The largest absolute Gasteiger partial charge is 0.480 e. The molecule has 1 aromatic heterocycles. The fourth-order valence-corrected chi connectivity index (χ4v) is 4.16. The molecule has 0 saturated heterocycles. The lowest BCUT2D eigenvalue weighted by Gasteiger charge is -2.14. The molecule has 0 aliphatic carbocycles. The van der Waals surface area contributed by atoms with Crippen molar-refractivity contribution in [1.82, 2.24) is 4.57 Å². The van der Waals surface area contributed by atoms with Gasteiger partial charge in [0.25, 0.3) is 5.91 Å². The fourth-order valence-electron chi connectivity index (χ4n) is 2.90. The second kappa shape index (κ2) is 8.19. The highest BCUT2D eigenvalue weighted by molar-refractivity contribution is 7.16. The number of hydrogen-bond donors (Lipinski definition) is 1. The molecule has 0 aliphatic heterocycles. The Morgan fingerprint density at radius 3 is 2.53 bits per heavy atom. The zero-order valence-electron chi connectivity index (χ0n) is 15.2. The molecule has 158 valence electrons. The first kappa shape index (κ1) is 22.0. The smallest absolute Gasteiger partial charge is 0.419 e. The monoisotopic (exact) mass is 460 g/mol. The number of thiazole rings is 1. The number of benzene rings is 2. The molecule has 0 bridgehead atoms. The highest BCUT2D eigenvalue weighted by Gasteiger charge is 2.35. The summed E-state index contributed by atoms with van der Waals surface area (Å²) < 4.78 is 54.6. The number of carbonyl (C=O) groups excluding carboxylic acids is 1. The summed E-state index contributed by atoms with van der Waals surface area (Å²) in [7, 11) is 0. The molecule has 5 nitrogen and oxygen atoms in total. The van der Waals surface area contributed by atoms with Crippen molar-refractivity contribution >= 4 is 45.0 Å². The molecule has 1 atom stereocenters. The molecule has 3 aromatic rings. The third-order valence-corrected chi connectivity index (χ3v) is 5.53. The van der Waals surface area contributed by atoms with E-state index in [1.54, 1.807) is 0 Å². The number of amides is 1. The Bertz CT molecular complexity index is 1220. The van der Waals surface area contributed by atoms with E-state index in [0.717, 1.165) is 15.9 Å². The average molecular weight is 461 g/mol. The van der Waals surface area contributed by atoms with Gasteiger partial charge in [-0.15, -0.1) is 0 Å². The van der Waals surface area contributed by atoms with Crippen LogP contribution in [-0.2, 0) is 11.0 Å². The minimum absolute atomic E-state index is 0.00155. The van der Waals surface area contributed by atoms with Crippen LogP contribution in [0.4, 0.5) is 17.6 Å². The summed E-state index contributed by atoms with van der Waals surface area (Å²) in [6.45, 7) is 1.52. The third kappa shape index (κ3) is 4.24. The summed E-state index contributed by atoms with van der Waals surface area (Å²) in [6, 6.07) is 5.73. The quantitative estimate of drug-likeness (QED) is 0.538. The summed E-state index contributed by atoms with van der Waals surface area (Å²) >= 11 is 6.57. The molecular weight excluding hydrogens is 448 g/mol. The van der Waals surface area contributed by atoms with Crippen molar-refractivity contribution in [3.8, 4) is 0 Å². The SMILES string of the molecule is CCC(C(=O)O)n1/c(=N/C(=O)c2cccc(Cl)c2)sc2cc(F)c(C(F)(F)F)cc21. The number of carbonyl (C=O) groups is 2. The van der Waals surface area contributed by atoms with Crippen molar-refractivity contribution < 1.29 is 32.3 Å². The molecule has 1 N–H and O–H groups in total. The van der Waals surface area contributed by atoms with Gasteiger partial charge in [0.05, 0.1) is 15.8 Å². The summed E-state index contributed by atoms with van der Waals surface area (Å²) in [6.07, 6.45) is -4.98. The Morgan fingerprint density at radius 1 is 1.27 bits per heavy atom. The van der Waals surface area contributed by atoms with Crippen LogP contribution in [0.1, 0.15) is 35.3 Å². The van der Waals surface area contributed by atoms with E-state index in [2.05, 4.69) is 4.99 Å². The van der Waals surface area contributed by atoms with Crippen LogP contribution < -0.4 is 4.80 Å². The summed E-state index contributed by atoms with van der Waals surface area (Å²) in [4.78, 5) is 28.0. The van der Waals surface area contributed by atoms with Crippen molar-refractivity contribution in [2.45, 2.75) is 25.6 Å². The first-order valence-electron chi connectivity index (χ1n) is 8.52. The lowest BCUT2D eigenvalue weighted by molar-refractivity contribution is -0.141. The topological polar surface area (TPSA) is 71.7 Å². The Morgan fingerprint density at radius 2 is 1.97 bits per heavy atom. The van der Waals surface area contributed by atoms with Crippen LogP contribution in [-0.4, -0.2) is 21.6 Å². The van der Waals surface area contributed by atoms with Gasteiger partial charge in [-0.1, -0.05) is 35.9 Å². The molecular formula is C19H13ClF4N2O3S. The van der Waals surface area contributed by atoms with Crippen molar-refractivity contribution in [3.05, 3.63) is 63.2 Å². The van der Waals surface area contributed by atoms with Gasteiger partial charge < -0.3 is 9.67 Å². The molecule has 0 spiro atoms. The van der Waals surface area contributed by atoms with Gasteiger partial charge in [-0.05, 0) is 36.8 Å². The second-order valence-electron chi connectivity index (χ2n) is 6.24. The summed E-state index contributed by atoms with van der Waals surface area (Å²) in [5.41, 5.74) is -1.60. The summed E-state index contributed by atoms with van der Waals surface area (Å²) in [5.74, 6) is -3.60. The molecule has 1 unspecified atom stereocenters. The molecule has 0 aliphatic rings. The molecule has 1 amide bonds. The van der Waals surface area contributed by atoms with Crippen LogP contribution in [0.5, 0.6) is 0 Å². The highest BCUT2D eigenvalue weighted by atomic mass is 35.5. The molecule has 1 heterocycles. The van der Waals surface area contributed by atoms with Crippen LogP contribution in [0.2, 0.25) is 5.02 Å². The third-order valence-electron chi connectivity index (χ3n) is 4.27. The van der Waals surface area contributed by atoms with Crippen LogP contribution in [0.15, 0.2) is 41.4 Å². The molecule has 11 heteroatoms. The first-order chi connectivity index (χ1) is 14.0. The number of fused-ring (bicyclic) bond motifs is 1. The number of hydrogen-bond acceptors (Lipinski definition) is 3. The predicted octanol–water partition coefficient (Wildman–Crippen LogP) is 5.29. The number of rotatable bonds is 4. The zero-order valence-corrected chi connectivity index (χ0v) is 16.8. The van der Waals surface area contributed by atoms with Gasteiger partial charge in [-0.25, -0.2) is 9.18 Å². The highest BCUT2D eigenvalue weighted by Crippen LogP contribution is 2.35. The summed E-state index contributed by atoms with van der Waals surface area (Å²) in [5, 5.41) is 9.82. The molecule has 0 saturated carbocycles. The number of alkyl halides is 3. The number of aromatic nitrogens is 1.